The van der Waals surface area contributed by atoms with E-state index >= 15 is 0 Å². The summed E-state index contributed by atoms with van der Waals surface area (Å²) < 4.78 is 0. The minimum atomic E-state index is 0. The van der Waals surface area contributed by atoms with Crippen molar-refractivity contribution in [3.63, 3.8) is 0 Å². The summed E-state index contributed by atoms with van der Waals surface area (Å²) in [5.41, 5.74) is 10.5. The Balaban J connectivity index is 0.000001000. The van der Waals surface area contributed by atoms with Crippen molar-refractivity contribution < 1.29 is 21.7 Å². The standard InChI is InChI=1S/C26H19.2CH3.Ti/c1-18(19-9-3-2-4-10-19)20-15-16-21(17-20)26-24-13-7-5-11-22(24)23-12-6-8-14-25(23)26;;;/h2-16,26H,1H3;2*1H3;/q3*-1;+3. The van der Waals surface area contributed by atoms with Gasteiger partial charge < -0.3 is 14.9 Å². The van der Waals surface area contributed by atoms with E-state index in [0.29, 0.717) is 0 Å². The second-order valence-electron chi connectivity index (χ2n) is 6.93. The van der Waals surface area contributed by atoms with Crippen molar-refractivity contribution in [3.05, 3.63) is 140 Å². The van der Waals surface area contributed by atoms with Gasteiger partial charge in [0.2, 0.25) is 0 Å². The van der Waals surface area contributed by atoms with E-state index in [1.54, 1.807) is 0 Å². The zero-order valence-electron chi connectivity index (χ0n) is 17.2. The van der Waals surface area contributed by atoms with E-state index < -0.39 is 0 Å². The van der Waals surface area contributed by atoms with Gasteiger partial charge in [0, 0.05) is 5.92 Å². The van der Waals surface area contributed by atoms with Crippen molar-refractivity contribution in [2.45, 2.75) is 12.8 Å². The number of hydrogen-bond acceptors (Lipinski definition) is 0. The molecule has 0 saturated heterocycles. The van der Waals surface area contributed by atoms with Crippen molar-refractivity contribution in [1.29, 1.82) is 0 Å². The summed E-state index contributed by atoms with van der Waals surface area (Å²) in [4.78, 5) is 0. The Morgan fingerprint density at radius 1 is 0.690 bits per heavy atom. The molecule has 2 aliphatic carbocycles. The van der Waals surface area contributed by atoms with Gasteiger partial charge >= 0.3 is 21.7 Å². The predicted molar refractivity (Wildman–Crippen MR) is 121 cm³/mol. The molecule has 0 aliphatic heterocycles. The summed E-state index contributed by atoms with van der Waals surface area (Å²) in [7, 11) is 0. The molecule has 0 bridgehead atoms. The van der Waals surface area contributed by atoms with Crippen LogP contribution >= 0.6 is 0 Å². The molecule has 0 heterocycles. The van der Waals surface area contributed by atoms with Crippen LogP contribution in [0.5, 0.6) is 0 Å². The monoisotopic (exact) mass is 409 g/mol. The van der Waals surface area contributed by atoms with E-state index in [4.69, 9.17) is 0 Å². The van der Waals surface area contributed by atoms with Crippen LogP contribution in [-0.2, 0) is 21.7 Å². The first-order chi connectivity index (χ1) is 12.8. The van der Waals surface area contributed by atoms with E-state index in [-0.39, 0.29) is 42.5 Å². The fourth-order valence-corrected chi connectivity index (χ4v) is 4.13. The first-order valence-corrected chi connectivity index (χ1v) is 9.09. The molecule has 0 unspecified atom stereocenters. The van der Waals surface area contributed by atoms with Gasteiger partial charge in [0.25, 0.3) is 0 Å². The predicted octanol–water partition coefficient (Wildman–Crippen LogP) is 7.47. The number of hydrogen-bond donors (Lipinski definition) is 0. The van der Waals surface area contributed by atoms with Crippen molar-refractivity contribution in [2.24, 2.45) is 0 Å². The zero-order valence-corrected chi connectivity index (χ0v) is 18.8. The topological polar surface area (TPSA) is 0 Å². The molecule has 5 rings (SSSR count). The Hall–Kier alpha value is -2.41. The van der Waals surface area contributed by atoms with Gasteiger partial charge in [-0.05, 0) is 22.3 Å². The van der Waals surface area contributed by atoms with Gasteiger partial charge in [0.15, 0.2) is 0 Å². The quantitative estimate of drug-likeness (QED) is 0.304. The summed E-state index contributed by atoms with van der Waals surface area (Å²) in [6, 6.07) is 28.1. The molecule has 2 aliphatic rings. The smallest absolute Gasteiger partial charge is 0.358 e. The van der Waals surface area contributed by atoms with E-state index in [9.17, 15) is 0 Å². The zero-order chi connectivity index (χ0) is 17.5. The Bertz CT molecular complexity index is 1040. The molecule has 3 aromatic carbocycles. The van der Waals surface area contributed by atoms with Crippen LogP contribution in [0.1, 0.15) is 29.5 Å². The second kappa shape index (κ2) is 9.39. The van der Waals surface area contributed by atoms with Gasteiger partial charge in [-0.25, -0.2) is 0 Å². The Labute approximate surface area is 190 Å². The van der Waals surface area contributed by atoms with Crippen molar-refractivity contribution in [3.8, 4) is 11.1 Å². The van der Waals surface area contributed by atoms with E-state index in [1.165, 1.54) is 44.5 Å². The van der Waals surface area contributed by atoms with Crippen LogP contribution in [0.2, 0.25) is 0 Å². The summed E-state index contributed by atoms with van der Waals surface area (Å²) in [6.45, 7) is 2.18. The van der Waals surface area contributed by atoms with Crippen LogP contribution in [-0.4, -0.2) is 0 Å². The molecule has 0 atom stereocenters. The first kappa shape index (κ1) is 22.9. The summed E-state index contributed by atoms with van der Waals surface area (Å²) in [6.07, 6.45) is 8.15. The van der Waals surface area contributed by atoms with Crippen LogP contribution in [0.15, 0.2) is 102 Å². The van der Waals surface area contributed by atoms with Gasteiger partial charge in [-0.3, -0.25) is 0 Å². The largest absolute Gasteiger partial charge is 3.00 e. The van der Waals surface area contributed by atoms with Crippen LogP contribution in [0.3, 0.4) is 0 Å². The Kier molecular flexibility index (Phi) is 7.41. The first-order valence-electron chi connectivity index (χ1n) is 9.09. The maximum absolute atomic E-state index is 3.70. The SMILES string of the molecule is CC(=C1[C-]=C(C2c3ccccc3-c3ccccc32)C=C1)c1ccccc1.[CH3-].[CH3-].[Ti+3]. The third kappa shape index (κ3) is 3.88. The van der Waals surface area contributed by atoms with Gasteiger partial charge in [0.05, 0.1) is 0 Å². The van der Waals surface area contributed by atoms with Gasteiger partial charge in [-0.1, -0.05) is 91.3 Å². The molecule has 3 aromatic rings. The van der Waals surface area contributed by atoms with Gasteiger partial charge in [-0.2, -0.15) is 17.7 Å². The molecule has 0 spiro atoms. The third-order valence-corrected chi connectivity index (χ3v) is 5.46. The number of rotatable bonds is 2. The molecule has 0 nitrogen and oxygen atoms in total. The summed E-state index contributed by atoms with van der Waals surface area (Å²) in [5, 5.41) is 0. The number of fused-ring (bicyclic) bond motifs is 3. The normalized spacial score (nSPS) is 15.3. The molecular formula is C28H25Ti. The molecular weight excluding hydrogens is 384 g/mol. The summed E-state index contributed by atoms with van der Waals surface area (Å²) >= 11 is 0. The fraction of sp³-hybridized carbons (Fsp3) is 0.0714. The molecule has 1 heteroatoms. The average Bonchev–Trinajstić information content (AvgIpc) is 3.31. The van der Waals surface area contributed by atoms with E-state index in [2.05, 4.69) is 104 Å². The number of allylic oxidation sites excluding steroid dienone is 6. The molecule has 0 aromatic heterocycles. The number of benzene rings is 3. The third-order valence-electron chi connectivity index (χ3n) is 5.46. The van der Waals surface area contributed by atoms with Gasteiger partial charge in [-0.15, -0.1) is 17.2 Å². The summed E-state index contributed by atoms with van der Waals surface area (Å²) in [5.74, 6) is 0.278. The van der Waals surface area contributed by atoms with Gasteiger partial charge in [0.1, 0.15) is 0 Å². The molecule has 0 fully saturated rings. The van der Waals surface area contributed by atoms with Crippen molar-refractivity contribution in [2.75, 3.05) is 0 Å². The molecule has 29 heavy (non-hydrogen) atoms. The van der Waals surface area contributed by atoms with Crippen LogP contribution in [0, 0.1) is 20.9 Å². The van der Waals surface area contributed by atoms with Crippen LogP contribution in [0.4, 0.5) is 0 Å². The Morgan fingerprint density at radius 3 is 1.79 bits per heavy atom. The minimum Gasteiger partial charge on any atom is -0.358 e. The fourth-order valence-electron chi connectivity index (χ4n) is 4.13. The average molecular weight is 409 g/mol. The maximum atomic E-state index is 3.70. The van der Waals surface area contributed by atoms with Crippen LogP contribution < -0.4 is 0 Å². The van der Waals surface area contributed by atoms with Crippen LogP contribution in [0.25, 0.3) is 16.7 Å². The molecule has 0 saturated carbocycles. The van der Waals surface area contributed by atoms with E-state index in [1.807, 2.05) is 0 Å². The molecule has 141 valence electrons. The molecule has 1 radical (unpaired) electrons. The van der Waals surface area contributed by atoms with Crippen molar-refractivity contribution >= 4 is 5.57 Å². The maximum Gasteiger partial charge on any atom is 3.00 e. The molecule has 0 amide bonds. The molecule has 0 N–H and O–H groups in total. The Morgan fingerprint density at radius 2 is 1.21 bits per heavy atom. The van der Waals surface area contributed by atoms with Crippen molar-refractivity contribution in [1.82, 2.24) is 0 Å². The second-order valence-corrected chi connectivity index (χ2v) is 6.93. The minimum absolute atomic E-state index is 0. The van der Waals surface area contributed by atoms with E-state index in [0.717, 1.165) is 0 Å².